The number of nitrogens with one attached hydrogen (secondary N) is 2. The summed E-state index contributed by atoms with van der Waals surface area (Å²) >= 11 is 0. The van der Waals surface area contributed by atoms with E-state index in [-0.39, 0.29) is 0 Å². The van der Waals surface area contributed by atoms with Crippen LogP contribution in [-0.4, -0.2) is 40.7 Å². The standard InChI is InChI=1S/C22H26N6O/c1-16-24-10-11-28(16)21-6-4-18(14-26-21)15-27-22(23-2)25-9-7-17-3-5-20-19(13-17)8-12-29-20/h3-6,10-11,13-14H,7-9,12,15H2,1-2H3,(H2,23,25,27). The second-order valence-corrected chi connectivity index (χ2v) is 7.01. The maximum atomic E-state index is 5.57. The van der Waals surface area contributed by atoms with E-state index in [9.17, 15) is 0 Å². The van der Waals surface area contributed by atoms with Crippen molar-refractivity contribution < 1.29 is 4.74 Å². The summed E-state index contributed by atoms with van der Waals surface area (Å²) in [6.45, 7) is 4.23. The van der Waals surface area contributed by atoms with Crippen LogP contribution in [0.2, 0.25) is 0 Å². The maximum absolute atomic E-state index is 5.57. The molecular weight excluding hydrogens is 364 g/mol. The van der Waals surface area contributed by atoms with Crippen molar-refractivity contribution in [2.45, 2.75) is 26.3 Å². The molecule has 3 aromatic rings. The van der Waals surface area contributed by atoms with Crippen LogP contribution in [0.1, 0.15) is 22.5 Å². The Morgan fingerprint density at radius 1 is 1.17 bits per heavy atom. The minimum atomic E-state index is 0.659. The molecule has 2 N–H and O–H groups in total. The zero-order valence-corrected chi connectivity index (χ0v) is 16.9. The molecule has 1 aliphatic heterocycles. The third-order valence-corrected chi connectivity index (χ3v) is 5.03. The van der Waals surface area contributed by atoms with E-state index in [0.29, 0.717) is 6.54 Å². The first-order valence-electron chi connectivity index (χ1n) is 9.87. The van der Waals surface area contributed by atoms with Crippen LogP contribution in [0.15, 0.2) is 53.9 Å². The highest BCUT2D eigenvalue weighted by atomic mass is 16.5. The van der Waals surface area contributed by atoms with Gasteiger partial charge >= 0.3 is 0 Å². The highest BCUT2D eigenvalue weighted by Gasteiger charge is 2.11. The lowest BCUT2D eigenvalue weighted by Gasteiger charge is -2.12. The Labute approximate surface area is 170 Å². The molecule has 29 heavy (non-hydrogen) atoms. The summed E-state index contributed by atoms with van der Waals surface area (Å²) in [5, 5.41) is 6.71. The number of rotatable bonds is 6. The first-order valence-corrected chi connectivity index (χ1v) is 9.87. The number of fused-ring (bicyclic) bond motifs is 1. The Morgan fingerprint density at radius 3 is 2.83 bits per heavy atom. The predicted octanol–water partition coefficient (Wildman–Crippen LogP) is 2.42. The minimum absolute atomic E-state index is 0.659. The summed E-state index contributed by atoms with van der Waals surface area (Å²) in [6, 6.07) is 10.5. The zero-order chi connectivity index (χ0) is 20.1. The molecule has 7 heteroatoms. The van der Waals surface area contributed by atoms with Crippen molar-refractivity contribution in [2.24, 2.45) is 4.99 Å². The third-order valence-electron chi connectivity index (χ3n) is 5.03. The van der Waals surface area contributed by atoms with Crippen LogP contribution in [0.25, 0.3) is 5.82 Å². The normalized spacial score (nSPS) is 13.1. The van der Waals surface area contributed by atoms with Crippen molar-refractivity contribution in [3.63, 3.8) is 0 Å². The lowest BCUT2D eigenvalue weighted by Crippen LogP contribution is -2.37. The van der Waals surface area contributed by atoms with Crippen LogP contribution < -0.4 is 15.4 Å². The highest BCUT2D eigenvalue weighted by molar-refractivity contribution is 5.79. The van der Waals surface area contributed by atoms with Crippen LogP contribution in [-0.2, 0) is 19.4 Å². The average Bonchev–Trinajstić information content (AvgIpc) is 3.39. The van der Waals surface area contributed by atoms with Crippen LogP contribution in [0, 0.1) is 6.92 Å². The molecule has 2 aromatic heterocycles. The van der Waals surface area contributed by atoms with Crippen molar-refractivity contribution in [1.29, 1.82) is 0 Å². The molecule has 1 aromatic carbocycles. The topological polar surface area (TPSA) is 76.4 Å². The zero-order valence-electron chi connectivity index (χ0n) is 16.9. The van der Waals surface area contributed by atoms with E-state index < -0.39 is 0 Å². The largest absolute Gasteiger partial charge is 0.493 e. The van der Waals surface area contributed by atoms with Crippen molar-refractivity contribution in [3.05, 3.63) is 71.4 Å². The number of aliphatic imine (C=N–C) groups is 1. The van der Waals surface area contributed by atoms with Crippen LogP contribution >= 0.6 is 0 Å². The molecule has 1 aliphatic rings. The van der Waals surface area contributed by atoms with Gasteiger partial charge in [0.05, 0.1) is 6.61 Å². The number of benzene rings is 1. The number of aryl methyl sites for hydroxylation is 1. The van der Waals surface area contributed by atoms with Gasteiger partial charge in [0.15, 0.2) is 5.96 Å². The SMILES string of the molecule is CN=C(NCCc1ccc2c(c1)CCO2)NCc1ccc(-n2ccnc2C)nc1. The van der Waals surface area contributed by atoms with Gasteiger partial charge in [0.1, 0.15) is 17.4 Å². The Morgan fingerprint density at radius 2 is 2.07 bits per heavy atom. The first-order chi connectivity index (χ1) is 14.2. The Balaban J connectivity index is 1.26. The average molecular weight is 390 g/mol. The molecular formula is C22H26N6O. The lowest BCUT2D eigenvalue weighted by atomic mass is 10.1. The van der Waals surface area contributed by atoms with E-state index in [1.54, 1.807) is 13.2 Å². The van der Waals surface area contributed by atoms with Gasteiger partial charge in [-0.1, -0.05) is 18.2 Å². The van der Waals surface area contributed by atoms with Crippen molar-refractivity contribution in [2.75, 3.05) is 20.2 Å². The fourth-order valence-corrected chi connectivity index (χ4v) is 3.41. The van der Waals surface area contributed by atoms with Crippen molar-refractivity contribution in [1.82, 2.24) is 25.2 Å². The van der Waals surface area contributed by atoms with Crippen LogP contribution in [0.5, 0.6) is 5.75 Å². The van der Waals surface area contributed by atoms with Gasteiger partial charge in [-0.2, -0.15) is 0 Å². The monoisotopic (exact) mass is 390 g/mol. The summed E-state index contributed by atoms with van der Waals surface area (Å²) in [7, 11) is 1.78. The van der Waals surface area contributed by atoms with Crippen molar-refractivity contribution >= 4 is 5.96 Å². The van der Waals surface area contributed by atoms with E-state index in [1.807, 2.05) is 30.0 Å². The number of hydrogen-bond acceptors (Lipinski definition) is 4. The van der Waals surface area contributed by atoms with Crippen LogP contribution in [0.3, 0.4) is 0 Å². The fourth-order valence-electron chi connectivity index (χ4n) is 3.41. The molecule has 0 radical (unpaired) electrons. The molecule has 0 saturated carbocycles. The van der Waals surface area contributed by atoms with Crippen molar-refractivity contribution in [3.8, 4) is 11.6 Å². The third kappa shape index (κ3) is 4.56. The van der Waals surface area contributed by atoms with Gasteiger partial charge < -0.3 is 15.4 Å². The summed E-state index contributed by atoms with van der Waals surface area (Å²) in [5.41, 5.74) is 3.71. The first kappa shape index (κ1) is 19.0. The van der Waals surface area contributed by atoms with E-state index in [1.165, 1.54) is 11.1 Å². The van der Waals surface area contributed by atoms with E-state index in [2.05, 4.69) is 49.9 Å². The van der Waals surface area contributed by atoms with Gasteiger partial charge in [0, 0.05) is 45.1 Å². The molecule has 0 fully saturated rings. The van der Waals surface area contributed by atoms with Gasteiger partial charge in [0.2, 0.25) is 0 Å². The van der Waals surface area contributed by atoms with E-state index >= 15 is 0 Å². The minimum Gasteiger partial charge on any atom is -0.493 e. The van der Waals surface area contributed by atoms with Gasteiger partial charge in [-0.3, -0.25) is 9.56 Å². The number of imidazole rings is 1. The second kappa shape index (κ2) is 8.77. The number of nitrogens with zero attached hydrogens (tertiary/aromatic N) is 4. The molecule has 0 spiro atoms. The molecule has 3 heterocycles. The molecule has 0 amide bonds. The number of guanidine groups is 1. The summed E-state index contributed by atoms with van der Waals surface area (Å²) < 4.78 is 7.53. The smallest absolute Gasteiger partial charge is 0.191 e. The lowest BCUT2D eigenvalue weighted by molar-refractivity contribution is 0.357. The van der Waals surface area contributed by atoms with Gasteiger partial charge in [-0.25, -0.2) is 9.97 Å². The quantitative estimate of drug-likeness (QED) is 0.499. The van der Waals surface area contributed by atoms with Gasteiger partial charge in [-0.05, 0) is 42.2 Å². The molecule has 0 atom stereocenters. The Hall–Kier alpha value is -3.35. The molecule has 0 aliphatic carbocycles. The van der Waals surface area contributed by atoms with E-state index in [0.717, 1.165) is 54.9 Å². The Bertz CT molecular complexity index is 993. The summed E-state index contributed by atoms with van der Waals surface area (Å²) in [6.07, 6.45) is 7.51. The molecule has 0 saturated heterocycles. The van der Waals surface area contributed by atoms with Gasteiger partial charge in [0.25, 0.3) is 0 Å². The molecule has 7 nitrogen and oxygen atoms in total. The summed E-state index contributed by atoms with van der Waals surface area (Å²) in [4.78, 5) is 13.1. The van der Waals surface area contributed by atoms with E-state index in [4.69, 9.17) is 4.74 Å². The molecule has 4 rings (SSSR count). The molecule has 0 bridgehead atoms. The molecule has 150 valence electrons. The predicted molar refractivity (Wildman–Crippen MR) is 114 cm³/mol. The second-order valence-electron chi connectivity index (χ2n) is 7.01. The van der Waals surface area contributed by atoms with Gasteiger partial charge in [-0.15, -0.1) is 0 Å². The number of aromatic nitrogens is 3. The number of pyridine rings is 1. The molecule has 0 unspecified atom stereocenters. The number of ether oxygens (including phenoxy) is 1. The Kier molecular flexibility index (Phi) is 5.74. The number of hydrogen-bond donors (Lipinski definition) is 2. The van der Waals surface area contributed by atoms with Crippen LogP contribution in [0.4, 0.5) is 0 Å². The fraction of sp³-hybridized carbons (Fsp3) is 0.318. The summed E-state index contributed by atoms with van der Waals surface area (Å²) in [5.74, 6) is 3.60. The maximum Gasteiger partial charge on any atom is 0.191 e. The highest BCUT2D eigenvalue weighted by Crippen LogP contribution is 2.25.